The van der Waals surface area contributed by atoms with E-state index < -0.39 is 9.84 Å². The molecule has 3 heterocycles. The van der Waals surface area contributed by atoms with Crippen LogP contribution in [0, 0.1) is 0 Å². The molecule has 11 heteroatoms. The number of benzene rings is 1. The highest BCUT2D eigenvalue weighted by molar-refractivity contribution is 8.15. The fraction of sp³-hybridized carbons (Fsp3) is 0.478. The van der Waals surface area contributed by atoms with Crippen LogP contribution in [0.25, 0.3) is 0 Å². The predicted molar refractivity (Wildman–Crippen MR) is 134 cm³/mol. The first-order chi connectivity index (χ1) is 16.4. The molecule has 0 spiro atoms. The smallest absolute Gasteiger partial charge is 0.251 e. The fourth-order valence-corrected chi connectivity index (χ4v) is 7.68. The zero-order valence-electron chi connectivity index (χ0n) is 19.1. The first-order valence-electron chi connectivity index (χ1n) is 11.3. The number of thioether (sulfide) groups is 1. The quantitative estimate of drug-likeness (QED) is 0.446. The lowest BCUT2D eigenvalue weighted by Gasteiger charge is -2.21. The Morgan fingerprint density at radius 1 is 1.24 bits per heavy atom. The maximum atomic E-state index is 12.6. The molecule has 2 aliphatic heterocycles. The Morgan fingerprint density at radius 2 is 2.06 bits per heavy atom. The van der Waals surface area contributed by atoms with Crippen molar-refractivity contribution in [2.45, 2.75) is 24.3 Å². The van der Waals surface area contributed by atoms with E-state index in [1.54, 1.807) is 25.5 Å². The van der Waals surface area contributed by atoms with Gasteiger partial charge >= 0.3 is 0 Å². The molecule has 1 saturated heterocycles. The van der Waals surface area contributed by atoms with Crippen molar-refractivity contribution in [3.63, 3.8) is 0 Å². The third-order valence-corrected chi connectivity index (χ3v) is 8.85. The molecule has 1 amide bonds. The first-order valence-corrected chi connectivity index (χ1v) is 14.0. The van der Waals surface area contributed by atoms with Crippen LogP contribution in [0.3, 0.4) is 0 Å². The van der Waals surface area contributed by atoms with Crippen LogP contribution in [0.5, 0.6) is 0 Å². The molecule has 0 aliphatic carbocycles. The Bertz CT molecular complexity index is 1090. The van der Waals surface area contributed by atoms with Gasteiger partial charge in [-0.1, -0.05) is 11.8 Å². The maximum absolute atomic E-state index is 12.6. The second-order valence-electron chi connectivity index (χ2n) is 8.39. The number of hydrogen-bond acceptors (Lipinski definition) is 9. The number of amidine groups is 1. The number of furan rings is 1. The molecule has 0 bridgehead atoms. The monoisotopic (exact) mass is 506 g/mol. The topological polar surface area (TPSA) is 113 Å². The van der Waals surface area contributed by atoms with E-state index >= 15 is 0 Å². The van der Waals surface area contributed by atoms with Crippen molar-refractivity contribution in [1.29, 1.82) is 0 Å². The first kappa shape index (κ1) is 24.8. The zero-order valence-corrected chi connectivity index (χ0v) is 20.7. The number of hydrogen-bond donors (Lipinski definition) is 2. The van der Waals surface area contributed by atoms with Gasteiger partial charge in [0, 0.05) is 49.9 Å². The van der Waals surface area contributed by atoms with Crippen LogP contribution >= 0.6 is 11.8 Å². The molecule has 2 aliphatic rings. The lowest BCUT2D eigenvalue weighted by molar-refractivity contribution is 0.0945. The number of carbonyl (C=O) groups is 1. The molecule has 9 nitrogen and oxygen atoms in total. The zero-order chi connectivity index (χ0) is 24.0. The number of nitrogens with zero attached hydrogens (tertiary/aromatic N) is 2. The van der Waals surface area contributed by atoms with Crippen LogP contribution in [0.4, 0.5) is 5.69 Å². The molecule has 0 saturated carbocycles. The largest absolute Gasteiger partial charge is 0.468 e. The normalized spacial score (nSPS) is 20.8. The van der Waals surface area contributed by atoms with E-state index in [4.69, 9.17) is 9.15 Å². The van der Waals surface area contributed by atoms with Gasteiger partial charge in [0.1, 0.15) is 5.76 Å². The third kappa shape index (κ3) is 6.84. The van der Waals surface area contributed by atoms with Crippen LogP contribution in [0.1, 0.15) is 22.5 Å². The second kappa shape index (κ2) is 11.4. The van der Waals surface area contributed by atoms with Gasteiger partial charge in [0.05, 0.1) is 30.4 Å². The maximum Gasteiger partial charge on any atom is 0.251 e. The molecule has 2 aromatic rings. The van der Waals surface area contributed by atoms with Gasteiger partial charge in [-0.05, 0) is 42.8 Å². The molecule has 2 N–H and O–H groups in total. The Hall–Kier alpha value is -2.34. The summed E-state index contributed by atoms with van der Waals surface area (Å²) in [7, 11) is -1.27. The van der Waals surface area contributed by atoms with Crippen molar-refractivity contribution in [2.75, 3.05) is 50.2 Å². The number of methoxy groups -OCH3 is 1. The van der Waals surface area contributed by atoms with Gasteiger partial charge in [-0.15, -0.1) is 0 Å². The SMILES string of the molecule is COCCCN(CCNC(=O)c1ccc(NC2=NC3CS(=O)(=O)CC3S2)cc1)Cc1ccco1. The molecule has 184 valence electrons. The molecule has 1 aromatic carbocycles. The predicted octanol–water partition coefficient (Wildman–Crippen LogP) is 2.23. The lowest BCUT2D eigenvalue weighted by atomic mass is 10.2. The van der Waals surface area contributed by atoms with Crippen molar-refractivity contribution in [1.82, 2.24) is 10.2 Å². The van der Waals surface area contributed by atoms with Gasteiger partial charge in [-0.3, -0.25) is 14.7 Å². The lowest BCUT2D eigenvalue weighted by Crippen LogP contribution is -2.35. The number of aliphatic imine (C=N–C) groups is 1. The molecule has 0 radical (unpaired) electrons. The summed E-state index contributed by atoms with van der Waals surface area (Å²) in [5.74, 6) is 1.07. The van der Waals surface area contributed by atoms with E-state index in [-0.39, 0.29) is 28.7 Å². The number of fused-ring (bicyclic) bond motifs is 1. The standard InChI is InChI=1S/C23H30N4O5S2/c1-31-12-3-10-27(14-19-4-2-13-32-19)11-9-24-22(28)17-5-7-18(8-6-17)25-23-26-20-15-34(29,30)16-21(20)33-23/h2,4-8,13,20-21H,3,9-12,14-16H2,1H3,(H,24,28)(H,25,26). The third-order valence-electron chi connectivity index (χ3n) is 5.71. The summed E-state index contributed by atoms with van der Waals surface area (Å²) in [6, 6.07) is 10.8. The Labute approximate surface area is 204 Å². The summed E-state index contributed by atoms with van der Waals surface area (Å²) in [4.78, 5) is 19.3. The number of ether oxygens (including phenoxy) is 1. The molecule has 34 heavy (non-hydrogen) atoms. The number of sulfone groups is 1. The highest BCUT2D eigenvalue weighted by atomic mass is 32.2. The summed E-state index contributed by atoms with van der Waals surface area (Å²) in [6.45, 7) is 3.44. The minimum Gasteiger partial charge on any atom is -0.468 e. The van der Waals surface area contributed by atoms with Gasteiger partial charge in [0.15, 0.2) is 15.0 Å². The number of nitrogens with one attached hydrogen (secondary N) is 2. The molecular formula is C23H30N4O5S2. The van der Waals surface area contributed by atoms with Crippen LogP contribution in [0.15, 0.2) is 52.1 Å². The van der Waals surface area contributed by atoms with Gasteiger partial charge in [0.2, 0.25) is 0 Å². The van der Waals surface area contributed by atoms with Crippen LogP contribution in [-0.2, 0) is 21.1 Å². The molecule has 2 unspecified atom stereocenters. The van der Waals surface area contributed by atoms with E-state index in [2.05, 4.69) is 20.5 Å². The molecule has 1 fully saturated rings. The summed E-state index contributed by atoms with van der Waals surface area (Å²) in [5.41, 5.74) is 1.39. The van der Waals surface area contributed by atoms with Crippen molar-refractivity contribution >= 4 is 38.4 Å². The number of carbonyl (C=O) groups excluding carboxylic acids is 1. The number of amides is 1. The summed E-state index contributed by atoms with van der Waals surface area (Å²) in [5, 5.41) is 6.93. The van der Waals surface area contributed by atoms with Gasteiger partial charge in [-0.2, -0.15) is 0 Å². The average molecular weight is 507 g/mol. The van der Waals surface area contributed by atoms with Crippen LogP contribution in [0.2, 0.25) is 0 Å². The Kier molecular flexibility index (Phi) is 8.30. The molecular weight excluding hydrogens is 476 g/mol. The highest BCUT2D eigenvalue weighted by Crippen LogP contribution is 2.34. The van der Waals surface area contributed by atoms with E-state index in [0.717, 1.165) is 29.6 Å². The van der Waals surface area contributed by atoms with Gasteiger partial charge < -0.3 is 19.8 Å². The Balaban J connectivity index is 1.24. The minimum absolute atomic E-state index is 0.000556. The summed E-state index contributed by atoms with van der Waals surface area (Å²) >= 11 is 1.47. The van der Waals surface area contributed by atoms with E-state index in [1.165, 1.54) is 11.8 Å². The number of rotatable bonds is 11. The van der Waals surface area contributed by atoms with Crippen LogP contribution in [-0.4, -0.2) is 80.5 Å². The highest BCUT2D eigenvalue weighted by Gasteiger charge is 2.42. The van der Waals surface area contributed by atoms with Crippen LogP contribution < -0.4 is 10.6 Å². The van der Waals surface area contributed by atoms with Gasteiger partial charge in [0.25, 0.3) is 5.91 Å². The van der Waals surface area contributed by atoms with Crippen molar-refractivity contribution in [3.8, 4) is 0 Å². The van der Waals surface area contributed by atoms with E-state index in [1.807, 2.05) is 24.3 Å². The molecule has 1 aromatic heterocycles. The number of anilines is 1. The van der Waals surface area contributed by atoms with Crippen molar-refractivity contribution < 1.29 is 22.4 Å². The summed E-state index contributed by atoms with van der Waals surface area (Å²) < 4.78 is 34.0. The molecule has 4 rings (SSSR count). The summed E-state index contributed by atoms with van der Waals surface area (Å²) in [6.07, 6.45) is 2.57. The minimum atomic E-state index is -2.96. The average Bonchev–Trinajstić information content (AvgIpc) is 3.49. The van der Waals surface area contributed by atoms with E-state index in [0.29, 0.717) is 31.8 Å². The van der Waals surface area contributed by atoms with Crippen molar-refractivity contribution in [3.05, 3.63) is 54.0 Å². The second-order valence-corrected chi connectivity index (χ2v) is 11.8. The molecule has 2 atom stereocenters. The van der Waals surface area contributed by atoms with Crippen molar-refractivity contribution in [2.24, 2.45) is 4.99 Å². The fourth-order valence-electron chi connectivity index (χ4n) is 4.00. The Morgan fingerprint density at radius 3 is 2.76 bits per heavy atom. The van der Waals surface area contributed by atoms with E-state index in [9.17, 15) is 13.2 Å². The van der Waals surface area contributed by atoms with Gasteiger partial charge in [-0.25, -0.2) is 8.42 Å².